The molecule has 0 aliphatic carbocycles. The van der Waals surface area contributed by atoms with Crippen LogP contribution in [-0.2, 0) is 10.0 Å². The van der Waals surface area contributed by atoms with Gasteiger partial charge in [-0.05, 0) is 34.1 Å². The first kappa shape index (κ1) is 12.4. The Morgan fingerprint density at radius 3 is 2.76 bits per heavy atom. The number of halogens is 2. The normalized spacial score (nSPS) is 11.4. The Morgan fingerprint density at radius 1 is 1.41 bits per heavy atom. The lowest BCUT2D eigenvalue weighted by atomic mass is 10.3. The van der Waals surface area contributed by atoms with E-state index in [1.54, 1.807) is 0 Å². The third kappa shape index (κ3) is 2.79. The lowest BCUT2D eigenvalue weighted by Crippen LogP contribution is -2.13. The van der Waals surface area contributed by atoms with Gasteiger partial charge >= 0.3 is 0 Å². The van der Waals surface area contributed by atoms with Gasteiger partial charge in [-0.3, -0.25) is 4.72 Å². The maximum Gasteiger partial charge on any atom is 0.263 e. The zero-order valence-corrected chi connectivity index (χ0v) is 11.3. The van der Waals surface area contributed by atoms with Crippen LogP contribution in [0.1, 0.15) is 0 Å². The van der Waals surface area contributed by atoms with Gasteiger partial charge in [0.05, 0.1) is 9.37 Å². The molecule has 0 atom stereocenters. The number of aromatic nitrogens is 2. The highest BCUT2D eigenvalue weighted by Gasteiger charge is 2.17. The van der Waals surface area contributed by atoms with Crippen LogP contribution < -0.4 is 4.72 Å². The molecule has 0 saturated heterocycles. The van der Waals surface area contributed by atoms with Crippen LogP contribution in [0.4, 0.5) is 9.52 Å². The van der Waals surface area contributed by atoms with E-state index < -0.39 is 15.8 Å². The minimum atomic E-state index is -3.83. The summed E-state index contributed by atoms with van der Waals surface area (Å²) in [4.78, 5) is -0.173. The van der Waals surface area contributed by atoms with Crippen LogP contribution in [0.25, 0.3) is 0 Å². The zero-order chi connectivity index (χ0) is 12.5. The molecule has 0 amide bonds. The van der Waals surface area contributed by atoms with Gasteiger partial charge in [-0.25, -0.2) is 12.8 Å². The molecule has 1 aromatic carbocycles. The molecule has 0 saturated carbocycles. The molecule has 9 heteroatoms. The first-order valence-corrected chi connectivity index (χ1v) is 7.39. The molecular weight excluding hydrogens is 333 g/mol. The molecule has 17 heavy (non-hydrogen) atoms. The van der Waals surface area contributed by atoms with E-state index in [2.05, 4.69) is 30.8 Å². The fourth-order valence-electron chi connectivity index (χ4n) is 1.04. The lowest BCUT2D eigenvalue weighted by Gasteiger charge is -2.05. The number of hydrogen-bond acceptors (Lipinski definition) is 5. The molecule has 1 aromatic heterocycles. The maximum absolute atomic E-state index is 13.2. The van der Waals surface area contributed by atoms with Crippen LogP contribution >= 0.6 is 27.3 Å². The van der Waals surface area contributed by atoms with Crippen molar-refractivity contribution in [2.75, 3.05) is 4.72 Å². The van der Waals surface area contributed by atoms with E-state index in [0.717, 1.165) is 17.4 Å². The molecule has 2 rings (SSSR count). The molecule has 0 bridgehead atoms. The van der Waals surface area contributed by atoms with Gasteiger partial charge < -0.3 is 0 Å². The van der Waals surface area contributed by atoms with E-state index in [9.17, 15) is 12.8 Å². The third-order valence-corrected chi connectivity index (χ3v) is 4.50. The van der Waals surface area contributed by atoms with Crippen molar-refractivity contribution in [3.63, 3.8) is 0 Å². The smallest absolute Gasteiger partial charge is 0.253 e. The van der Waals surface area contributed by atoms with Crippen LogP contribution in [0.15, 0.2) is 33.1 Å². The topological polar surface area (TPSA) is 72.0 Å². The summed E-state index contributed by atoms with van der Waals surface area (Å²) >= 11 is 3.98. The van der Waals surface area contributed by atoms with Gasteiger partial charge in [0.25, 0.3) is 10.0 Å². The van der Waals surface area contributed by atoms with Gasteiger partial charge in [0.15, 0.2) is 0 Å². The minimum absolute atomic E-state index is 0.133. The van der Waals surface area contributed by atoms with E-state index in [1.807, 2.05) is 0 Å². The molecule has 0 fully saturated rings. The molecule has 0 unspecified atom stereocenters. The Hall–Kier alpha value is -1.06. The predicted octanol–water partition coefficient (Wildman–Crippen LogP) is 2.24. The van der Waals surface area contributed by atoms with Gasteiger partial charge in [0.1, 0.15) is 11.3 Å². The Labute approximate surface area is 109 Å². The van der Waals surface area contributed by atoms with Crippen molar-refractivity contribution in [3.05, 3.63) is 34.0 Å². The van der Waals surface area contributed by atoms with Gasteiger partial charge in [-0.1, -0.05) is 11.3 Å². The molecular formula is C8H5BrFN3O2S2. The molecule has 5 nitrogen and oxygen atoms in total. The van der Waals surface area contributed by atoms with Crippen LogP contribution in [-0.4, -0.2) is 18.6 Å². The number of nitrogens with zero attached hydrogens (tertiary/aromatic N) is 2. The van der Waals surface area contributed by atoms with Crippen molar-refractivity contribution >= 4 is 42.4 Å². The fraction of sp³-hybridized carbons (Fsp3) is 0. The summed E-state index contributed by atoms with van der Waals surface area (Å²) in [6.07, 6.45) is 0. The summed E-state index contributed by atoms with van der Waals surface area (Å²) in [5.41, 5.74) is 1.39. The summed E-state index contributed by atoms with van der Waals surface area (Å²) in [5.74, 6) is -0.648. The van der Waals surface area contributed by atoms with Crippen molar-refractivity contribution in [1.82, 2.24) is 10.2 Å². The van der Waals surface area contributed by atoms with Gasteiger partial charge in [0.2, 0.25) is 5.13 Å². The largest absolute Gasteiger partial charge is 0.263 e. The molecule has 90 valence electrons. The van der Waals surface area contributed by atoms with Crippen molar-refractivity contribution in [2.45, 2.75) is 4.90 Å². The van der Waals surface area contributed by atoms with E-state index in [1.165, 1.54) is 17.6 Å². The predicted molar refractivity (Wildman–Crippen MR) is 64.8 cm³/mol. The third-order valence-electron chi connectivity index (χ3n) is 1.78. The standard InChI is InChI=1S/C8H5BrFN3O2S2/c9-6-2-1-5(3-7(6)10)17(14,15)13-8-12-11-4-16-8/h1-4H,(H,12,13). The number of rotatable bonds is 3. The Balaban J connectivity index is 2.35. The second-order valence-corrected chi connectivity index (χ2v) is 6.30. The average Bonchev–Trinajstić information content (AvgIpc) is 2.73. The van der Waals surface area contributed by atoms with Crippen molar-refractivity contribution in [2.24, 2.45) is 0 Å². The summed E-state index contributed by atoms with van der Waals surface area (Å²) < 4.78 is 39.2. The van der Waals surface area contributed by atoms with Crippen molar-refractivity contribution in [1.29, 1.82) is 0 Å². The average molecular weight is 338 g/mol. The molecule has 1 heterocycles. The van der Waals surface area contributed by atoms with Crippen molar-refractivity contribution in [3.8, 4) is 0 Å². The second kappa shape index (κ2) is 4.67. The molecule has 0 radical (unpaired) electrons. The number of anilines is 1. The first-order chi connectivity index (χ1) is 7.99. The quantitative estimate of drug-likeness (QED) is 0.932. The Kier molecular flexibility index (Phi) is 3.40. The van der Waals surface area contributed by atoms with Crippen molar-refractivity contribution < 1.29 is 12.8 Å². The number of hydrogen-bond donors (Lipinski definition) is 1. The van der Waals surface area contributed by atoms with E-state index in [-0.39, 0.29) is 14.5 Å². The summed E-state index contributed by atoms with van der Waals surface area (Å²) in [5, 5.41) is 7.17. The summed E-state index contributed by atoms with van der Waals surface area (Å²) in [6, 6.07) is 3.54. The molecule has 2 aromatic rings. The Morgan fingerprint density at radius 2 is 2.18 bits per heavy atom. The number of benzene rings is 1. The Bertz CT molecular complexity index is 630. The highest BCUT2D eigenvalue weighted by Crippen LogP contribution is 2.21. The highest BCUT2D eigenvalue weighted by atomic mass is 79.9. The van der Waals surface area contributed by atoms with E-state index in [4.69, 9.17) is 0 Å². The first-order valence-electron chi connectivity index (χ1n) is 4.23. The van der Waals surface area contributed by atoms with Gasteiger partial charge in [-0.2, -0.15) is 0 Å². The molecule has 0 aliphatic heterocycles. The number of sulfonamides is 1. The zero-order valence-electron chi connectivity index (χ0n) is 8.09. The van der Waals surface area contributed by atoms with Crippen LogP contribution in [0, 0.1) is 5.82 Å². The number of nitrogens with one attached hydrogen (secondary N) is 1. The van der Waals surface area contributed by atoms with E-state index in [0.29, 0.717) is 0 Å². The second-order valence-electron chi connectivity index (χ2n) is 2.93. The molecule has 1 N–H and O–H groups in total. The SMILES string of the molecule is O=S(=O)(Nc1nncs1)c1ccc(Br)c(F)c1. The monoisotopic (exact) mass is 337 g/mol. The van der Waals surface area contributed by atoms with Gasteiger partial charge in [0, 0.05) is 0 Å². The van der Waals surface area contributed by atoms with E-state index >= 15 is 0 Å². The lowest BCUT2D eigenvalue weighted by molar-refractivity contribution is 0.593. The van der Waals surface area contributed by atoms with Gasteiger partial charge in [-0.15, -0.1) is 10.2 Å². The van der Waals surface area contributed by atoms with Crippen LogP contribution in [0.5, 0.6) is 0 Å². The molecule has 0 aliphatic rings. The summed E-state index contributed by atoms with van der Waals surface area (Å²) in [7, 11) is -3.83. The van der Waals surface area contributed by atoms with Crippen LogP contribution in [0.2, 0.25) is 0 Å². The van der Waals surface area contributed by atoms with Crippen LogP contribution in [0.3, 0.4) is 0 Å². The fourth-order valence-corrected chi connectivity index (χ4v) is 2.99. The maximum atomic E-state index is 13.2. The summed E-state index contributed by atoms with van der Waals surface area (Å²) in [6.45, 7) is 0. The minimum Gasteiger partial charge on any atom is -0.253 e. The highest BCUT2D eigenvalue weighted by molar-refractivity contribution is 9.10. The molecule has 0 spiro atoms.